The van der Waals surface area contributed by atoms with Gasteiger partial charge in [0.1, 0.15) is 5.75 Å². The van der Waals surface area contributed by atoms with Crippen LogP contribution in [0.2, 0.25) is 5.02 Å². The molecule has 0 saturated heterocycles. The van der Waals surface area contributed by atoms with Gasteiger partial charge in [-0.2, -0.15) is 0 Å². The van der Waals surface area contributed by atoms with Gasteiger partial charge in [0.05, 0.1) is 15.1 Å². The lowest BCUT2D eigenvalue weighted by molar-refractivity contribution is 0.0733. The lowest BCUT2D eigenvalue weighted by atomic mass is 10.0. The molecule has 0 aliphatic heterocycles. The molecular weight excluding hydrogens is 340 g/mol. The van der Waals surface area contributed by atoms with Crippen molar-refractivity contribution in [2.24, 2.45) is 0 Å². The zero-order valence-corrected chi connectivity index (χ0v) is 13.5. The van der Waals surface area contributed by atoms with E-state index in [9.17, 15) is 4.79 Å². The molecule has 0 saturated carbocycles. The van der Waals surface area contributed by atoms with Gasteiger partial charge >= 0.3 is 5.97 Å². The Morgan fingerprint density at radius 3 is 2.50 bits per heavy atom. The van der Waals surface area contributed by atoms with Gasteiger partial charge in [-0.05, 0) is 51.7 Å². The zero-order chi connectivity index (χ0) is 14.7. The second kappa shape index (κ2) is 6.42. The van der Waals surface area contributed by atoms with Crippen LogP contribution in [0.1, 0.15) is 35.7 Å². The van der Waals surface area contributed by atoms with E-state index in [1.165, 1.54) is 5.56 Å². The van der Waals surface area contributed by atoms with E-state index < -0.39 is 5.97 Å². The summed E-state index contributed by atoms with van der Waals surface area (Å²) in [4.78, 5) is 12.1. The predicted molar refractivity (Wildman–Crippen MR) is 84.6 cm³/mol. The summed E-state index contributed by atoms with van der Waals surface area (Å²) in [5, 5.41) is 0.382. The second-order valence-electron chi connectivity index (χ2n) is 4.71. The molecule has 2 aromatic rings. The fourth-order valence-electron chi connectivity index (χ4n) is 1.74. The Balaban J connectivity index is 2.22. The van der Waals surface area contributed by atoms with Crippen LogP contribution in [0, 0.1) is 0 Å². The largest absolute Gasteiger partial charge is 0.422 e. The Morgan fingerprint density at radius 1 is 1.20 bits per heavy atom. The Hall–Kier alpha value is -1.32. The van der Waals surface area contributed by atoms with Crippen LogP contribution in [0.3, 0.4) is 0 Å². The van der Waals surface area contributed by atoms with Gasteiger partial charge in [-0.25, -0.2) is 4.79 Å². The van der Waals surface area contributed by atoms with E-state index in [2.05, 4.69) is 29.8 Å². The molecule has 20 heavy (non-hydrogen) atoms. The van der Waals surface area contributed by atoms with E-state index in [1.807, 2.05) is 12.1 Å². The fraction of sp³-hybridized carbons (Fsp3) is 0.188. The highest BCUT2D eigenvalue weighted by Crippen LogP contribution is 2.30. The Labute approximate surface area is 131 Å². The molecule has 0 aromatic heterocycles. The standard InChI is InChI=1S/C16H14BrClO2/c1-10(2)11-7-8-15(13(17)9-11)20-16(19)12-5-3-4-6-14(12)18/h3-10H,1-2H3. The van der Waals surface area contributed by atoms with Gasteiger partial charge in [-0.3, -0.25) is 0 Å². The molecule has 0 unspecified atom stereocenters. The Morgan fingerprint density at radius 2 is 1.90 bits per heavy atom. The highest BCUT2D eigenvalue weighted by Gasteiger charge is 2.14. The van der Waals surface area contributed by atoms with Crippen LogP contribution >= 0.6 is 27.5 Å². The van der Waals surface area contributed by atoms with Crippen LogP contribution in [-0.2, 0) is 0 Å². The third-order valence-electron chi connectivity index (χ3n) is 2.92. The quantitative estimate of drug-likeness (QED) is 0.542. The minimum atomic E-state index is -0.464. The molecule has 2 aromatic carbocycles. The number of hydrogen-bond acceptors (Lipinski definition) is 2. The van der Waals surface area contributed by atoms with Crippen LogP contribution in [0.5, 0.6) is 5.75 Å². The van der Waals surface area contributed by atoms with Gasteiger partial charge in [0.25, 0.3) is 0 Å². The summed E-state index contributed by atoms with van der Waals surface area (Å²) in [7, 11) is 0. The third-order valence-corrected chi connectivity index (χ3v) is 3.87. The smallest absolute Gasteiger partial charge is 0.345 e. The molecule has 0 aliphatic carbocycles. The minimum absolute atomic E-state index is 0.356. The van der Waals surface area contributed by atoms with Gasteiger partial charge in [-0.1, -0.05) is 43.6 Å². The van der Waals surface area contributed by atoms with E-state index in [-0.39, 0.29) is 0 Å². The van der Waals surface area contributed by atoms with E-state index in [0.29, 0.717) is 22.3 Å². The SMILES string of the molecule is CC(C)c1ccc(OC(=O)c2ccccc2Cl)c(Br)c1. The molecular formula is C16H14BrClO2. The fourth-order valence-corrected chi connectivity index (χ4v) is 2.43. The van der Waals surface area contributed by atoms with Crippen LogP contribution in [0.4, 0.5) is 0 Å². The van der Waals surface area contributed by atoms with Gasteiger partial charge in [-0.15, -0.1) is 0 Å². The van der Waals surface area contributed by atoms with Crippen LogP contribution in [0.25, 0.3) is 0 Å². The number of esters is 1. The number of rotatable bonds is 3. The van der Waals surface area contributed by atoms with Gasteiger partial charge in [0, 0.05) is 0 Å². The van der Waals surface area contributed by atoms with E-state index >= 15 is 0 Å². The topological polar surface area (TPSA) is 26.3 Å². The summed E-state index contributed by atoms with van der Waals surface area (Å²) in [5.74, 6) is 0.438. The molecule has 2 nitrogen and oxygen atoms in total. The molecule has 104 valence electrons. The highest BCUT2D eigenvalue weighted by atomic mass is 79.9. The van der Waals surface area contributed by atoms with Crippen LogP contribution < -0.4 is 4.74 Å². The average molecular weight is 354 g/mol. The van der Waals surface area contributed by atoms with Crippen LogP contribution in [-0.4, -0.2) is 5.97 Å². The van der Waals surface area contributed by atoms with Crippen molar-refractivity contribution in [2.75, 3.05) is 0 Å². The van der Waals surface area contributed by atoms with E-state index in [1.54, 1.807) is 30.3 Å². The molecule has 0 heterocycles. The molecule has 0 aliphatic rings. The van der Waals surface area contributed by atoms with Gasteiger partial charge in [0.15, 0.2) is 0 Å². The second-order valence-corrected chi connectivity index (χ2v) is 5.98. The summed E-state index contributed by atoms with van der Waals surface area (Å²) in [6, 6.07) is 12.5. The monoisotopic (exact) mass is 352 g/mol. The summed E-state index contributed by atoms with van der Waals surface area (Å²) < 4.78 is 6.13. The van der Waals surface area contributed by atoms with Crippen molar-refractivity contribution in [3.05, 3.63) is 63.1 Å². The Kier molecular flexibility index (Phi) is 4.84. The lowest BCUT2D eigenvalue weighted by Gasteiger charge is -2.10. The first-order valence-electron chi connectivity index (χ1n) is 6.25. The zero-order valence-electron chi connectivity index (χ0n) is 11.2. The molecule has 0 bridgehead atoms. The maximum Gasteiger partial charge on any atom is 0.345 e. The van der Waals surface area contributed by atoms with Crippen molar-refractivity contribution < 1.29 is 9.53 Å². The number of ether oxygens (including phenoxy) is 1. The molecule has 2 rings (SSSR count). The summed E-state index contributed by atoms with van der Waals surface area (Å²) >= 11 is 9.40. The molecule has 0 amide bonds. The van der Waals surface area contributed by atoms with Gasteiger partial charge < -0.3 is 4.74 Å². The maximum atomic E-state index is 12.1. The van der Waals surface area contributed by atoms with Crippen molar-refractivity contribution in [3.63, 3.8) is 0 Å². The van der Waals surface area contributed by atoms with Crippen molar-refractivity contribution in [1.29, 1.82) is 0 Å². The number of carbonyl (C=O) groups excluding carboxylic acids is 1. The number of hydrogen-bond donors (Lipinski definition) is 0. The highest BCUT2D eigenvalue weighted by molar-refractivity contribution is 9.10. The molecule has 0 spiro atoms. The Bertz CT molecular complexity index is 638. The molecule has 4 heteroatoms. The maximum absolute atomic E-state index is 12.1. The first-order chi connectivity index (χ1) is 9.49. The summed E-state index contributed by atoms with van der Waals surface area (Å²) in [6.45, 7) is 4.22. The van der Waals surface area contributed by atoms with Crippen molar-refractivity contribution in [1.82, 2.24) is 0 Å². The third kappa shape index (κ3) is 3.41. The number of carbonyl (C=O) groups is 1. The molecule has 0 fully saturated rings. The molecule has 0 radical (unpaired) electrons. The average Bonchev–Trinajstić information content (AvgIpc) is 2.41. The summed E-state index contributed by atoms with van der Waals surface area (Å²) in [6.07, 6.45) is 0. The van der Waals surface area contributed by atoms with Crippen molar-refractivity contribution >= 4 is 33.5 Å². The molecule has 0 N–H and O–H groups in total. The first-order valence-corrected chi connectivity index (χ1v) is 7.42. The van der Waals surface area contributed by atoms with E-state index in [4.69, 9.17) is 16.3 Å². The normalized spacial score (nSPS) is 10.7. The lowest BCUT2D eigenvalue weighted by Crippen LogP contribution is -2.09. The van der Waals surface area contributed by atoms with E-state index in [0.717, 1.165) is 4.47 Å². The first kappa shape index (κ1) is 15.1. The number of halogens is 2. The van der Waals surface area contributed by atoms with Crippen molar-refractivity contribution in [3.8, 4) is 5.75 Å². The number of benzene rings is 2. The summed E-state index contributed by atoms with van der Waals surface area (Å²) in [5.41, 5.74) is 1.53. The van der Waals surface area contributed by atoms with Crippen molar-refractivity contribution in [2.45, 2.75) is 19.8 Å². The minimum Gasteiger partial charge on any atom is -0.422 e. The molecule has 0 atom stereocenters. The van der Waals surface area contributed by atoms with Gasteiger partial charge in [0.2, 0.25) is 0 Å². The predicted octanol–water partition coefficient (Wildman–Crippen LogP) is 5.45. The van der Waals surface area contributed by atoms with Crippen LogP contribution in [0.15, 0.2) is 46.9 Å².